The minimum absolute atomic E-state index is 1.03. The summed E-state index contributed by atoms with van der Waals surface area (Å²) in [4.78, 5) is 2.62. The van der Waals surface area contributed by atoms with Gasteiger partial charge in [-0.3, -0.25) is 0 Å². The van der Waals surface area contributed by atoms with Gasteiger partial charge in [0.15, 0.2) is 0 Å². The van der Waals surface area contributed by atoms with E-state index in [1.807, 2.05) is 0 Å². The fourth-order valence-corrected chi connectivity index (χ4v) is 8.15. The average Bonchev–Trinajstić information content (AvgIpc) is 3.03. The van der Waals surface area contributed by atoms with E-state index < -0.39 is 0 Å². The Labute approximate surface area is 281 Å². The molecule has 0 aliphatic heterocycles. The van der Waals surface area contributed by atoms with Gasteiger partial charge in [0.05, 0.1) is 0 Å². The van der Waals surface area contributed by atoms with E-state index in [-0.39, 0.29) is 0 Å². The molecule has 0 aromatic rings. The van der Waals surface area contributed by atoms with Crippen LogP contribution in [0.5, 0.6) is 0 Å². The van der Waals surface area contributed by atoms with Gasteiger partial charge in [0.1, 0.15) is 0 Å². The fraction of sp³-hybridized carbons (Fsp3) is 1.00. The Balaban J connectivity index is 1.96. The summed E-state index contributed by atoms with van der Waals surface area (Å²) in [5, 5.41) is 0. The van der Waals surface area contributed by atoms with Crippen LogP contribution in [-0.2, 0) is 0 Å². The van der Waals surface area contributed by atoms with Crippen molar-refractivity contribution in [1.29, 1.82) is 0 Å². The number of hydrogen-bond donors (Lipinski definition) is 0. The predicted octanol–water partition coefficient (Wildman–Crippen LogP) is 15.1. The van der Waals surface area contributed by atoms with Crippen LogP contribution in [0.2, 0.25) is 0 Å². The van der Waals surface area contributed by atoms with Gasteiger partial charge in [0.25, 0.3) is 0 Å². The lowest BCUT2D eigenvalue weighted by Gasteiger charge is -2.28. The minimum atomic E-state index is 1.03. The van der Waals surface area contributed by atoms with E-state index in [4.69, 9.17) is 0 Å². The zero-order valence-electron chi connectivity index (χ0n) is 31.6. The molecule has 0 amide bonds. The highest BCUT2D eigenvalue weighted by atomic mass is 15.1. The highest BCUT2D eigenvalue weighted by Gasteiger charge is 2.20. The van der Waals surface area contributed by atoms with E-state index in [0.717, 1.165) is 17.8 Å². The smallest absolute Gasteiger partial charge is 0.00218 e. The fourth-order valence-electron chi connectivity index (χ4n) is 8.15. The van der Waals surface area contributed by atoms with Crippen LogP contribution in [0.25, 0.3) is 0 Å². The average molecular weight is 618 g/mol. The quantitative estimate of drug-likeness (QED) is 0.0649. The largest absolute Gasteiger partial charge is 0.306 e. The number of unbranched alkanes of at least 4 members (excludes halogenated alkanes) is 20. The SMILES string of the molecule is CCCCCCCCC(CCCCCCCC)CCCCCCCN(C)CCCCCCCC1CCC(CCCCC)CC1. The zero-order valence-corrected chi connectivity index (χ0v) is 31.6. The van der Waals surface area contributed by atoms with Gasteiger partial charge in [0.2, 0.25) is 0 Å². The molecule has 0 bridgehead atoms. The summed E-state index contributed by atoms with van der Waals surface area (Å²) in [6, 6.07) is 0. The maximum absolute atomic E-state index is 2.62. The lowest BCUT2D eigenvalue weighted by atomic mass is 9.78. The first-order valence-corrected chi connectivity index (χ1v) is 21.4. The Morgan fingerprint density at radius 2 is 0.682 bits per heavy atom. The lowest BCUT2D eigenvalue weighted by molar-refractivity contribution is 0.244. The number of rotatable bonds is 34. The Kier molecular flexibility index (Phi) is 31.4. The van der Waals surface area contributed by atoms with Crippen molar-refractivity contribution in [2.24, 2.45) is 17.8 Å². The van der Waals surface area contributed by atoms with Crippen LogP contribution < -0.4 is 0 Å². The monoisotopic (exact) mass is 618 g/mol. The molecule has 1 heteroatoms. The molecule has 1 rings (SSSR count). The van der Waals surface area contributed by atoms with Crippen molar-refractivity contribution in [3.05, 3.63) is 0 Å². The van der Waals surface area contributed by atoms with Gasteiger partial charge in [-0.1, -0.05) is 226 Å². The molecule has 0 aromatic carbocycles. The Hall–Kier alpha value is -0.0400. The van der Waals surface area contributed by atoms with Crippen LogP contribution in [0.3, 0.4) is 0 Å². The molecule has 1 fully saturated rings. The molecule has 0 spiro atoms. The van der Waals surface area contributed by atoms with Gasteiger partial charge in [-0.2, -0.15) is 0 Å². The molecule has 1 aliphatic carbocycles. The number of hydrogen-bond acceptors (Lipinski definition) is 1. The van der Waals surface area contributed by atoms with Crippen LogP contribution >= 0.6 is 0 Å². The van der Waals surface area contributed by atoms with E-state index in [9.17, 15) is 0 Å². The predicted molar refractivity (Wildman–Crippen MR) is 202 cm³/mol. The third-order valence-electron chi connectivity index (χ3n) is 11.4. The molecule has 0 heterocycles. The van der Waals surface area contributed by atoms with Crippen molar-refractivity contribution in [3.8, 4) is 0 Å². The third kappa shape index (κ3) is 27.1. The number of nitrogens with zero attached hydrogens (tertiary/aromatic N) is 1. The molecule has 1 nitrogen and oxygen atoms in total. The molecule has 264 valence electrons. The summed E-state index contributed by atoms with van der Waals surface area (Å²) in [6.45, 7) is 9.64. The van der Waals surface area contributed by atoms with Crippen molar-refractivity contribution >= 4 is 0 Å². The summed E-state index contributed by atoms with van der Waals surface area (Å²) >= 11 is 0. The summed E-state index contributed by atoms with van der Waals surface area (Å²) < 4.78 is 0. The molecule has 0 unspecified atom stereocenters. The highest BCUT2D eigenvalue weighted by Crippen LogP contribution is 2.34. The van der Waals surface area contributed by atoms with Crippen molar-refractivity contribution in [2.75, 3.05) is 20.1 Å². The van der Waals surface area contributed by atoms with Gasteiger partial charge in [0, 0.05) is 0 Å². The molecule has 0 atom stereocenters. The summed E-state index contributed by atoms with van der Waals surface area (Å²) in [7, 11) is 2.37. The Morgan fingerprint density at radius 1 is 0.386 bits per heavy atom. The molecule has 0 aromatic heterocycles. The molecule has 1 saturated carbocycles. The van der Waals surface area contributed by atoms with E-state index in [1.165, 1.54) is 206 Å². The van der Waals surface area contributed by atoms with Crippen molar-refractivity contribution in [1.82, 2.24) is 4.90 Å². The maximum Gasteiger partial charge on any atom is -0.00218 e. The van der Waals surface area contributed by atoms with Crippen LogP contribution in [0.15, 0.2) is 0 Å². The summed E-state index contributed by atoms with van der Waals surface area (Å²) in [5.41, 5.74) is 0. The van der Waals surface area contributed by atoms with Gasteiger partial charge in [-0.05, 0) is 50.7 Å². The third-order valence-corrected chi connectivity index (χ3v) is 11.4. The zero-order chi connectivity index (χ0) is 31.8. The van der Waals surface area contributed by atoms with E-state index in [2.05, 4.69) is 32.7 Å². The topological polar surface area (TPSA) is 3.24 Å². The molecule has 0 radical (unpaired) electrons. The standard InChI is InChI=1S/C43H87N/c1-5-8-11-13-17-24-31-41(32-25-18-14-12-9-6-2)33-26-19-15-21-28-39-44(4)40-29-22-16-20-27-34-43-37-35-42(36-38-43)30-23-10-7-3/h41-43H,5-40H2,1-4H3. The van der Waals surface area contributed by atoms with Gasteiger partial charge >= 0.3 is 0 Å². The van der Waals surface area contributed by atoms with Gasteiger partial charge < -0.3 is 4.90 Å². The molecule has 0 saturated heterocycles. The second-order valence-corrected chi connectivity index (χ2v) is 15.8. The van der Waals surface area contributed by atoms with Crippen LogP contribution in [0, 0.1) is 17.8 Å². The summed E-state index contributed by atoms with van der Waals surface area (Å²) in [5.74, 6) is 3.17. The van der Waals surface area contributed by atoms with Crippen molar-refractivity contribution in [3.63, 3.8) is 0 Å². The molecule has 1 aliphatic rings. The molecular weight excluding hydrogens is 530 g/mol. The highest BCUT2D eigenvalue weighted by molar-refractivity contribution is 4.73. The second kappa shape index (κ2) is 32.9. The van der Waals surface area contributed by atoms with Crippen LogP contribution in [0.1, 0.15) is 239 Å². The van der Waals surface area contributed by atoms with E-state index in [0.29, 0.717) is 0 Å². The molecule has 44 heavy (non-hydrogen) atoms. The van der Waals surface area contributed by atoms with E-state index in [1.54, 1.807) is 25.7 Å². The lowest BCUT2D eigenvalue weighted by Crippen LogP contribution is -2.20. The summed E-state index contributed by atoms with van der Waals surface area (Å²) in [6.07, 6.45) is 50.2. The van der Waals surface area contributed by atoms with E-state index >= 15 is 0 Å². The minimum Gasteiger partial charge on any atom is -0.306 e. The van der Waals surface area contributed by atoms with Crippen LogP contribution in [-0.4, -0.2) is 25.0 Å². The molecular formula is C43H87N. The van der Waals surface area contributed by atoms with Gasteiger partial charge in [-0.25, -0.2) is 0 Å². The molecule has 0 N–H and O–H groups in total. The van der Waals surface area contributed by atoms with Crippen molar-refractivity contribution in [2.45, 2.75) is 239 Å². The Morgan fingerprint density at radius 3 is 1.09 bits per heavy atom. The normalized spacial score (nSPS) is 17.3. The van der Waals surface area contributed by atoms with Crippen LogP contribution in [0.4, 0.5) is 0 Å². The van der Waals surface area contributed by atoms with Gasteiger partial charge in [-0.15, -0.1) is 0 Å². The van der Waals surface area contributed by atoms with Crippen molar-refractivity contribution < 1.29 is 0 Å². The maximum atomic E-state index is 2.62. The first kappa shape index (κ1) is 42.0. The second-order valence-electron chi connectivity index (χ2n) is 15.8. The first-order valence-electron chi connectivity index (χ1n) is 21.4. The Bertz CT molecular complexity index is 519. The first-order chi connectivity index (χ1) is 21.7.